The summed E-state index contributed by atoms with van der Waals surface area (Å²) in [5.41, 5.74) is 6.34. The SMILES string of the molecule is Cc1cc(C)c(C(C)Nc2ccc(Br)c(Cl)c2)cc1C. The Bertz CT molecular complexity index is 637. The Hall–Kier alpha value is -0.990. The van der Waals surface area contributed by atoms with E-state index >= 15 is 0 Å². The van der Waals surface area contributed by atoms with Crippen molar-refractivity contribution in [2.24, 2.45) is 0 Å². The minimum atomic E-state index is 0.242. The number of halogens is 2. The molecule has 0 aromatic heterocycles. The van der Waals surface area contributed by atoms with Gasteiger partial charge in [-0.3, -0.25) is 0 Å². The van der Waals surface area contributed by atoms with Gasteiger partial charge < -0.3 is 5.32 Å². The summed E-state index contributed by atoms with van der Waals surface area (Å²) in [6.07, 6.45) is 0. The second kappa shape index (κ2) is 6.19. The third kappa shape index (κ3) is 3.36. The van der Waals surface area contributed by atoms with Gasteiger partial charge in [0.1, 0.15) is 0 Å². The van der Waals surface area contributed by atoms with E-state index in [1.54, 1.807) is 0 Å². The fraction of sp³-hybridized carbons (Fsp3) is 0.294. The van der Waals surface area contributed by atoms with Gasteiger partial charge in [0, 0.05) is 16.2 Å². The molecular weight excluding hydrogens is 334 g/mol. The molecule has 1 N–H and O–H groups in total. The van der Waals surface area contributed by atoms with Gasteiger partial charge in [-0.2, -0.15) is 0 Å². The molecule has 0 aliphatic carbocycles. The van der Waals surface area contributed by atoms with Crippen LogP contribution in [-0.4, -0.2) is 0 Å². The Morgan fingerprint density at radius 1 is 1.00 bits per heavy atom. The summed E-state index contributed by atoms with van der Waals surface area (Å²) in [6, 6.07) is 10.7. The molecule has 0 radical (unpaired) electrons. The van der Waals surface area contributed by atoms with Crippen LogP contribution in [0.25, 0.3) is 0 Å². The van der Waals surface area contributed by atoms with Gasteiger partial charge in [-0.05, 0) is 84.1 Å². The Morgan fingerprint density at radius 2 is 1.65 bits per heavy atom. The van der Waals surface area contributed by atoms with Crippen LogP contribution >= 0.6 is 27.5 Å². The molecular formula is C17H19BrClN. The van der Waals surface area contributed by atoms with E-state index in [1.807, 2.05) is 18.2 Å². The quantitative estimate of drug-likeness (QED) is 0.693. The van der Waals surface area contributed by atoms with Crippen molar-refractivity contribution in [3.05, 3.63) is 62.1 Å². The van der Waals surface area contributed by atoms with Crippen LogP contribution in [0.5, 0.6) is 0 Å². The third-order valence-corrected chi connectivity index (χ3v) is 4.88. The van der Waals surface area contributed by atoms with Gasteiger partial charge in [0.2, 0.25) is 0 Å². The molecule has 2 rings (SSSR count). The molecule has 0 fully saturated rings. The molecule has 0 heterocycles. The van der Waals surface area contributed by atoms with Crippen LogP contribution in [0, 0.1) is 20.8 Å². The lowest BCUT2D eigenvalue weighted by Crippen LogP contribution is -2.09. The van der Waals surface area contributed by atoms with Crippen LogP contribution in [-0.2, 0) is 0 Å². The molecule has 0 aliphatic rings. The van der Waals surface area contributed by atoms with Crippen molar-refractivity contribution in [2.75, 3.05) is 5.32 Å². The molecule has 0 saturated heterocycles. The summed E-state index contributed by atoms with van der Waals surface area (Å²) in [4.78, 5) is 0. The van der Waals surface area contributed by atoms with Crippen LogP contribution in [0.2, 0.25) is 5.02 Å². The smallest absolute Gasteiger partial charge is 0.0568 e. The molecule has 1 atom stereocenters. The Morgan fingerprint density at radius 3 is 2.30 bits per heavy atom. The summed E-state index contributed by atoms with van der Waals surface area (Å²) < 4.78 is 0.916. The van der Waals surface area contributed by atoms with E-state index in [9.17, 15) is 0 Å². The highest BCUT2D eigenvalue weighted by Gasteiger charge is 2.10. The van der Waals surface area contributed by atoms with E-state index in [1.165, 1.54) is 22.3 Å². The molecule has 2 aromatic carbocycles. The van der Waals surface area contributed by atoms with Gasteiger partial charge in [-0.25, -0.2) is 0 Å². The fourth-order valence-corrected chi connectivity index (χ4v) is 2.79. The van der Waals surface area contributed by atoms with Gasteiger partial charge in [-0.1, -0.05) is 23.7 Å². The van der Waals surface area contributed by atoms with E-state index in [4.69, 9.17) is 11.6 Å². The highest BCUT2D eigenvalue weighted by atomic mass is 79.9. The second-order valence-corrected chi connectivity index (χ2v) is 6.55. The van der Waals surface area contributed by atoms with Gasteiger partial charge in [0.15, 0.2) is 0 Å². The van der Waals surface area contributed by atoms with E-state index < -0.39 is 0 Å². The summed E-state index contributed by atoms with van der Waals surface area (Å²) in [5.74, 6) is 0. The zero-order chi connectivity index (χ0) is 14.9. The number of hydrogen-bond acceptors (Lipinski definition) is 1. The van der Waals surface area contributed by atoms with Gasteiger partial charge >= 0.3 is 0 Å². The van der Waals surface area contributed by atoms with Crippen molar-refractivity contribution >= 4 is 33.2 Å². The predicted molar refractivity (Wildman–Crippen MR) is 91.8 cm³/mol. The van der Waals surface area contributed by atoms with E-state index in [0.29, 0.717) is 0 Å². The van der Waals surface area contributed by atoms with Crippen LogP contribution in [0.4, 0.5) is 5.69 Å². The maximum Gasteiger partial charge on any atom is 0.0568 e. The summed E-state index contributed by atoms with van der Waals surface area (Å²) in [5, 5.41) is 4.23. The molecule has 3 heteroatoms. The van der Waals surface area contributed by atoms with Crippen molar-refractivity contribution in [2.45, 2.75) is 33.7 Å². The Balaban J connectivity index is 2.25. The lowest BCUT2D eigenvalue weighted by Gasteiger charge is -2.20. The molecule has 0 amide bonds. The van der Waals surface area contributed by atoms with Crippen LogP contribution in [0.3, 0.4) is 0 Å². The first-order chi connectivity index (χ1) is 9.38. The lowest BCUT2D eigenvalue weighted by atomic mass is 9.96. The maximum absolute atomic E-state index is 6.13. The number of aryl methyl sites for hydroxylation is 3. The van der Waals surface area contributed by atoms with Crippen molar-refractivity contribution in [1.29, 1.82) is 0 Å². The van der Waals surface area contributed by atoms with Crippen molar-refractivity contribution in [3.63, 3.8) is 0 Å². The maximum atomic E-state index is 6.13. The number of nitrogens with one attached hydrogen (secondary N) is 1. The highest BCUT2D eigenvalue weighted by molar-refractivity contribution is 9.10. The molecule has 20 heavy (non-hydrogen) atoms. The van der Waals surface area contributed by atoms with E-state index in [2.05, 4.69) is 61.1 Å². The molecule has 106 valence electrons. The molecule has 0 bridgehead atoms. The number of anilines is 1. The average molecular weight is 353 g/mol. The van der Waals surface area contributed by atoms with Crippen LogP contribution in [0.15, 0.2) is 34.8 Å². The van der Waals surface area contributed by atoms with Crippen LogP contribution in [0.1, 0.15) is 35.2 Å². The standard InChI is InChI=1S/C17H19BrClN/c1-10-7-12(3)15(8-11(10)2)13(4)20-14-5-6-16(18)17(19)9-14/h5-9,13,20H,1-4H3. The van der Waals surface area contributed by atoms with Gasteiger partial charge in [0.05, 0.1) is 5.02 Å². The number of rotatable bonds is 3. The first kappa shape index (κ1) is 15.4. The zero-order valence-electron chi connectivity index (χ0n) is 12.2. The highest BCUT2D eigenvalue weighted by Crippen LogP contribution is 2.29. The van der Waals surface area contributed by atoms with Crippen LogP contribution < -0.4 is 5.32 Å². The number of benzene rings is 2. The minimum absolute atomic E-state index is 0.242. The number of hydrogen-bond donors (Lipinski definition) is 1. The van der Waals surface area contributed by atoms with Gasteiger partial charge in [-0.15, -0.1) is 0 Å². The topological polar surface area (TPSA) is 12.0 Å². The molecule has 1 unspecified atom stereocenters. The van der Waals surface area contributed by atoms with E-state index in [0.717, 1.165) is 15.2 Å². The summed E-state index contributed by atoms with van der Waals surface area (Å²) >= 11 is 9.54. The molecule has 0 spiro atoms. The molecule has 2 aromatic rings. The monoisotopic (exact) mass is 351 g/mol. The largest absolute Gasteiger partial charge is 0.378 e. The normalized spacial score (nSPS) is 12.3. The Labute approximate surface area is 134 Å². The predicted octanol–water partition coefficient (Wildman–Crippen LogP) is 6.20. The minimum Gasteiger partial charge on any atom is -0.378 e. The van der Waals surface area contributed by atoms with Gasteiger partial charge in [0.25, 0.3) is 0 Å². The average Bonchev–Trinajstić information content (AvgIpc) is 2.38. The first-order valence-corrected chi connectivity index (χ1v) is 7.85. The molecule has 1 nitrogen and oxygen atoms in total. The Kier molecular flexibility index (Phi) is 4.77. The molecule has 0 aliphatic heterocycles. The van der Waals surface area contributed by atoms with Crippen molar-refractivity contribution in [1.82, 2.24) is 0 Å². The fourth-order valence-electron chi connectivity index (χ4n) is 2.36. The zero-order valence-corrected chi connectivity index (χ0v) is 14.6. The van der Waals surface area contributed by atoms with E-state index in [-0.39, 0.29) is 6.04 Å². The lowest BCUT2D eigenvalue weighted by molar-refractivity contribution is 0.870. The third-order valence-electron chi connectivity index (χ3n) is 3.65. The first-order valence-electron chi connectivity index (χ1n) is 6.68. The van der Waals surface area contributed by atoms with Crippen molar-refractivity contribution in [3.8, 4) is 0 Å². The van der Waals surface area contributed by atoms with Crippen molar-refractivity contribution < 1.29 is 0 Å². The molecule has 0 saturated carbocycles. The summed E-state index contributed by atoms with van der Waals surface area (Å²) in [7, 11) is 0. The summed E-state index contributed by atoms with van der Waals surface area (Å²) in [6.45, 7) is 8.64. The second-order valence-electron chi connectivity index (χ2n) is 5.29.